The van der Waals surface area contributed by atoms with Gasteiger partial charge in [-0.3, -0.25) is 4.79 Å². The Balaban J connectivity index is 2.50. The number of nitrogens with zero attached hydrogens (tertiary/aromatic N) is 1. The quantitative estimate of drug-likeness (QED) is 0.795. The van der Waals surface area contributed by atoms with Gasteiger partial charge in [0.05, 0.1) is 6.07 Å². The molecule has 15 heavy (non-hydrogen) atoms. The number of carbonyl (C=O) groups excluding carboxylic acids is 1. The Morgan fingerprint density at radius 1 is 1.73 bits per heavy atom. The summed E-state index contributed by atoms with van der Waals surface area (Å²) in [5.41, 5.74) is -0.730. The zero-order valence-electron chi connectivity index (χ0n) is 9.54. The van der Waals surface area contributed by atoms with Gasteiger partial charge in [-0.25, -0.2) is 0 Å². The van der Waals surface area contributed by atoms with Crippen LogP contribution in [0.25, 0.3) is 0 Å². The fraction of sp³-hybridized carbons (Fsp3) is 0.818. The van der Waals surface area contributed by atoms with Crippen LogP contribution in [0.5, 0.6) is 0 Å². The van der Waals surface area contributed by atoms with Crippen molar-refractivity contribution < 1.29 is 4.79 Å². The zero-order chi connectivity index (χ0) is 11.5. The van der Waals surface area contributed by atoms with Crippen molar-refractivity contribution in [1.82, 2.24) is 5.32 Å². The summed E-state index contributed by atoms with van der Waals surface area (Å²) >= 11 is 1.70. The minimum atomic E-state index is -0.730. The van der Waals surface area contributed by atoms with Gasteiger partial charge in [-0.15, -0.1) is 0 Å². The number of hydrogen-bond acceptors (Lipinski definition) is 3. The molecule has 1 atom stereocenters. The smallest absolute Gasteiger partial charge is 0.240 e. The minimum Gasteiger partial charge on any atom is -0.351 e. The molecule has 0 saturated heterocycles. The standard InChI is InChI=1S/C11H18N2OS/c1-8-4-11(5-8,7-12)10(14)13-9(2)6-15-3/h8-9H,4-6H2,1-3H3,(H,13,14). The largest absolute Gasteiger partial charge is 0.351 e. The van der Waals surface area contributed by atoms with Gasteiger partial charge in [-0.05, 0) is 31.9 Å². The van der Waals surface area contributed by atoms with Gasteiger partial charge >= 0.3 is 0 Å². The molecule has 3 nitrogen and oxygen atoms in total. The van der Waals surface area contributed by atoms with Crippen molar-refractivity contribution in [3.63, 3.8) is 0 Å². The zero-order valence-corrected chi connectivity index (χ0v) is 10.4. The number of hydrogen-bond donors (Lipinski definition) is 1. The highest BCUT2D eigenvalue weighted by Crippen LogP contribution is 2.45. The Morgan fingerprint density at radius 2 is 2.33 bits per heavy atom. The summed E-state index contributed by atoms with van der Waals surface area (Å²) < 4.78 is 0. The first-order valence-electron chi connectivity index (χ1n) is 5.25. The van der Waals surface area contributed by atoms with Crippen LogP contribution in [0.4, 0.5) is 0 Å². The highest BCUT2D eigenvalue weighted by atomic mass is 32.2. The molecule has 0 radical (unpaired) electrons. The average Bonchev–Trinajstić information content (AvgIpc) is 2.12. The van der Waals surface area contributed by atoms with E-state index in [1.807, 2.05) is 13.2 Å². The average molecular weight is 226 g/mol. The predicted octanol–water partition coefficient (Wildman–Crippen LogP) is 1.79. The first kappa shape index (κ1) is 12.4. The van der Waals surface area contributed by atoms with Gasteiger partial charge in [0, 0.05) is 11.8 Å². The fourth-order valence-corrected chi connectivity index (χ4v) is 2.69. The first-order chi connectivity index (χ1) is 7.04. The van der Waals surface area contributed by atoms with E-state index < -0.39 is 5.41 Å². The lowest BCUT2D eigenvalue weighted by atomic mass is 9.63. The molecular weight excluding hydrogens is 208 g/mol. The predicted molar refractivity (Wildman–Crippen MR) is 62.4 cm³/mol. The summed E-state index contributed by atoms with van der Waals surface area (Å²) in [6.45, 7) is 4.05. The number of nitriles is 1. The molecular formula is C11H18N2OS. The van der Waals surface area contributed by atoms with Crippen molar-refractivity contribution in [1.29, 1.82) is 5.26 Å². The molecule has 0 bridgehead atoms. The number of thioether (sulfide) groups is 1. The van der Waals surface area contributed by atoms with Gasteiger partial charge in [0.2, 0.25) is 5.91 Å². The van der Waals surface area contributed by atoms with Gasteiger partial charge in [-0.1, -0.05) is 6.92 Å². The van der Waals surface area contributed by atoms with Crippen molar-refractivity contribution >= 4 is 17.7 Å². The summed E-state index contributed by atoms with van der Waals surface area (Å²) in [6.07, 6.45) is 3.43. The van der Waals surface area contributed by atoms with E-state index in [0.717, 1.165) is 5.75 Å². The van der Waals surface area contributed by atoms with Crippen molar-refractivity contribution in [2.24, 2.45) is 11.3 Å². The molecule has 0 aromatic rings. The lowest BCUT2D eigenvalue weighted by Crippen LogP contribution is -2.50. The van der Waals surface area contributed by atoms with Crippen LogP contribution in [0.1, 0.15) is 26.7 Å². The number of rotatable bonds is 4. The lowest BCUT2D eigenvalue weighted by molar-refractivity contribution is -0.134. The van der Waals surface area contributed by atoms with E-state index in [4.69, 9.17) is 5.26 Å². The number of nitrogens with one attached hydrogen (secondary N) is 1. The van der Waals surface area contributed by atoms with Crippen LogP contribution in [-0.4, -0.2) is 24.0 Å². The third-order valence-electron chi connectivity index (χ3n) is 2.84. The maximum absolute atomic E-state index is 11.9. The van der Waals surface area contributed by atoms with Gasteiger partial charge < -0.3 is 5.32 Å². The molecule has 1 aliphatic carbocycles. The van der Waals surface area contributed by atoms with E-state index in [2.05, 4.69) is 18.3 Å². The minimum absolute atomic E-state index is 0.0790. The summed E-state index contributed by atoms with van der Waals surface area (Å²) in [5, 5.41) is 12.0. The normalized spacial score (nSPS) is 31.2. The van der Waals surface area contributed by atoms with Crippen LogP contribution >= 0.6 is 11.8 Å². The fourth-order valence-electron chi connectivity index (χ4n) is 2.11. The van der Waals surface area contributed by atoms with Gasteiger partial charge in [0.1, 0.15) is 5.41 Å². The molecule has 0 heterocycles. The molecule has 0 spiro atoms. The molecule has 1 unspecified atom stereocenters. The van der Waals surface area contributed by atoms with E-state index in [-0.39, 0.29) is 11.9 Å². The second-order valence-electron chi connectivity index (χ2n) is 4.54. The number of carbonyl (C=O) groups is 1. The maximum atomic E-state index is 11.9. The van der Waals surface area contributed by atoms with Gasteiger partial charge in [0.25, 0.3) is 0 Å². The van der Waals surface area contributed by atoms with Crippen LogP contribution in [0.2, 0.25) is 0 Å². The Labute approximate surface area is 95.6 Å². The van der Waals surface area contributed by atoms with Gasteiger partial charge in [0.15, 0.2) is 0 Å². The maximum Gasteiger partial charge on any atom is 0.240 e. The van der Waals surface area contributed by atoms with Crippen LogP contribution < -0.4 is 5.32 Å². The molecule has 0 aromatic carbocycles. The van der Waals surface area contributed by atoms with Crippen LogP contribution in [0.3, 0.4) is 0 Å². The van der Waals surface area contributed by atoms with Gasteiger partial charge in [-0.2, -0.15) is 17.0 Å². The van der Waals surface area contributed by atoms with E-state index in [0.29, 0.717) is 18.8 Å². The molecule has 1 aliphatic rings. The van der Waals surface area contributed by atoms with Crippen LogP contribution in [-0.2, 0) is 4.79 Å². The Bertz CT molecular complexity index is 279. The lowest BCUT2D eigenvalue weighted by Gasteiger charge is -2.39. The molecule has 1 rings (SSSR count). The monoisotopic (exact) mass is 226 g/mol. The first-order valence-corrected chi connectivity index (χ1v) is 6.64. The van der Waals surface area contributed by atoms with Crippen molar-refractivity contribution in [3.05, 3.63) is 0 Å². The van der Waals surface area contributed by atoms with Crippen molar-refractivity contribution in [3.8, 4) is 6.07 Å². The topological polar surface area (TPSA) is 52.9 Å². The Morgan fingerprint density at radius 3 is 2.73 bits per heavy atom. The van der Waals surface area contributed by atoms with E-state index in [9.17, 15) is 4.79 Å². The van der Waals surface area contributed by atoms with Crippen LogP contribution in [0.15, 0.2) is 0 Å². The molecule has 4 heteroatoms. The molecule has 84 valence electrons. The Hall–Kier alpha value is -0.690. The molecule has 1 N–H and O–H groups in total. The highest BCUT2D eigenvalue weighted by molar-refractivity contribution is 7.98. The summed E-state index contributed by atoms with van der Waals surface area (Å²) in [7, 11) is 0. The van der Waals surface area contributed by atoms with E-state index >= 15 is 0 Å². The van der Waals surface area contributed by atoms with E-state index in [1.165, 1.54) is 0 Å². The summed E-state index contributed by atoms with van der Waals surface area (Å²) in [6, 6.07) is 2.32. The second kappa shape index (κ2) is 4.89. The second-order valence-corrected chi connectivity index (χ2v) is 5.45. The molecule has 1 amide bonds. The van der Waals surface area contributed by atoms with Crippen molar-refractivity contribution in [2.75, 3.05) is 12.0 Å². The van der Waals surface area contributed by atoms with Crippen LogP contribution in [0, 0.1) is 22.7 Å². The number of amides is 1. The third kappa shape index (κ3) is 2.66. The summed E-state index contributed by atoms with van der Waals surface area (Å²) in [5.74, 6) is 1.32. The molecule has 0 aromatic heterocycles. The molecule has 0 aliphatic heterocycles. The van der Waals surface area contributed by atoms with E-state index in [1.54, 1.807) is 11.8 Å². The SMILES string of the molecule is CSCC(C)NC(=O)C1(C#N)CC(C)C1. The third-order valence-corrected chi connectivity index (χ3v) is 3.67. The molecule has 1 fully saturated rings. The Kier molecular flexibility index (Phi) is 4.04. The summed E-state index contributed by atoms with van der Waals surface area (Å²) in [4.78, 5) is 11.9. The highest BCUT2D eigenvalue weighted by Gasteiger charge is 2.49. The molecule has 1 saturated carbocycles. The van der Waals surface area contributed by atoms with Crippen molar-refractivity contribution in [2.45, 2.75) is 32.7 Å².